The number of benzene rings is 2. The molecule has 2 aromatic rings. The lowest BCUT2D eigenvalue weighted by Crippen LogP contribution is -2.20. The van der Waals surface area contributed by atoms with Crippen LogP contribution in [0.5, 0.6) is 0 Å². The van der Waals surface area contributed by atoms with Crippen molar-refractivity contribution in [1.82, 2.24) is 0 Å². The fourth-order valence-corrected chi connectivity index (χ4v) is 2.50. The van der Waals surface area contributed by atoms with E-state index in [-0.39, 0.29) is 0 Å². The molecule has 7 heteroatoms. The van der Waals surface area contributed by atoms with Crippen molar-refractivity contribution < 1.29 is 14.3 Å². The number of carbonyl (C=O) groups excluding carboxylic acids is 2. The molecular formula is C18H14Cl3NO3. The van der Waals surface area contributed by atoms with E-state index >= 15 is 0 Å². The Morgan fingerprint density at radius 1 is 1.08 bits per heavy atom. The molecule has 0 bridgehead atoms. The normalized spacial score (nSPS) is 10.7. The van der Waals surface area contributed by atoms with Gasteiger partial charge in [-0.25, -0.2) is 4.79 Å². The zero-order valence-electron chi connectivity index (χ0n) is 13.2. The Hall–Kier alpha value is -2.01. The fourth-order valence-electron chi connectivity index (χ4n) is 1.85. The number of amides is 1. The molecule has 4 nitrogen and oxygen atoms in total. The summed E-state index contributed by atoms with van der Waals surface area (Å²) < 4.78 is 4.88. The summed E-state index contributed by atoms with van der Waals surface area (Å²) in [5, 5.41) is 4.04. The molecule has 1 N–H and O–H groups in total. The number of anilines is 1. The number of rotatable bonds is 5. The Balaban J connectivity index is 1.85. The number of ether oxygens (including phenoxy) is 1. The minimum atomic E-state index is -0.664. The van der Waals surface area contributed by atoms with Crippen molar-refractivity contribution in [3.05, 3.63) is 68.7 Å². The number of nitrogens with one attached hydrogen (secondary N) is 1. The van der Waals surface area contributed by atoms with Gasteiger partial charge in [-0.2, -0.15) is 0 Å². The zero-order chi connectivity index (χ0) is 18.4. The van der Waals surface area contributed by atoms with Crippen LogP contribution in [0.3, 0.4) is 0 Å². The molecule has 1 amide bonds. The summed E-state index contributed by atoms with van der Waals surface area (Å²) in [5.74, 6) is -1.13. The van der Waals surface area contributed by atoms with Crippen molar-refractivity contribution in [1.29, 1.82) is 0 Å². The third-order valence-electron chi connectivity index (χ3n) is 3.16. The molecule has 0 heterocycles. The highest BCUT2D eigenvalue weighted by Gasteiger charge is 2.07. The van der Waals surface area contributed by atoms with Crippen molar-refractivity contribution in [3.63, 3.8) is 0 Å². The summed E-state index contributed by atoms with van der Waals surface area (Å²) in [7, 11) is 0. The van der Waals surface area contributed by atoms with E-state index in [1.165, 1.54) is 12.2 Å². The van der Waals surface area contributed by atoms with Crippen LogP contribution in [0, 0.1) is 6.92 Å². The molecule has 0 aliphatic heterocycles. The first kappa shape index (κ1) is 19.3. The third kappa shape index (κ3) is 6.09. The molecule has 0 fully saturated rings. The average Bonchev–Trinajstić information content (AvgIpc) is 2.55. The maximum Gasteiger partial charge on any atom is 0.331 e. The van der Waals surface area contributed by atoms with Crippen molar-refractivity contribution >= 4 is 58.4 Å². The summed E-state index contributed by atoms with van der Waals surface area (Å²) in [6.45, 7) is 1.44. The monoisotopic (exact) mass is 397 g/mol. The van der Waals surface area contributed by atoms with Crippen molar-refractivity contribution in [2.24, 2.45) is 0 Å². The highest BCUT2D eigenvalue weighted by atomic mass is 35.5. The summed E-state index contributed by atoms with van der Waals surface area (Å²) in [5.41, 5.74) is 2.04. The number of esters is 1. The van der Waals surface area contributed by atoms with E-state index in [1.807, 2.05) is 6.92 Å². The summed E-state index contributed by atoms with van der Waals surface area (Å²) in [6, 6.07) is 10.0. The molecule has 2 rings (SSSR count). The summed E-state index contributed by atoms with van der Waals surface area (Å²) in [4.78, 5) is 23.5. The second-order valence-corrected chi connectivity index (χ2v) is 6.37. The highest BCUT2D eigenvalue weighted by molar-refractivity contribution is 6.35. The molecule has 0 aromatic heterocycles. The van der Waals surface area contributed by atoms with Crippen LogP contribution in [0.4, 0.5) is 5.69 Å². The van der Waals surface area contributed by atoms with Crippen LogP contribution < -0.4 is 5.32 Å². The van der Waals surface area contributed by atoms with Crippen molar-refractivity contribution in [2.75, 3.05) is 11.9 Å². The largest absolute Gasteiger partial charge is 0.452 e. The molecule has 0 aliphatic carbocycles. The average molecular weight is 399 g/mol. The molecule has 0 radical (unpaired) electrons. The van der Waals surface area contributed by atoms with Gasteiger partial charge in [0.25, 0.3) is 5.91 Å². The van der Waals surface area contributed by atoms with E-state index in [9.17, 15) is 9.59 Å². The van der Waals surface area contributed by atoms with Gasteiger partial charge in [0, 0.05) is 26.8 Å². The van der Waals surface area contributed by atoms with Gasteiger partial charge in [-0.05, 0) is 48.4 Å². The minimum Gasteiger partial charge on any atom is -0.452 e. The number of aryl methyl sites for hydroxylation is 1. The molecule has 0 atom stereocenters. The Bertz CT molecular complexity index is 834. The van der Waals surface area contributed by atoms with Crippen LogP contribution in [0.2, 0.25) is 15.1 Å². The van der Waals surface area contributed by atoms with Crippen LogP contribution in [-0.4, -0.2) is 18.5 Å². The molecule has 0 saturated heterocycles. The number of halogens is 3. The second-order valence-electron chi connectivity index (χ2n) is 5.12. The van der Waals surface area contributed by atoms with E-state index in [4.69, 9.17) is 39.5 Å². The first-order valence-corrected chi connectivity index (χ1v) is 8.34. The van der Waals surface area contributed by atoms with Crippen LogP contribution in [0.15, 0.2) is 42.5 Å². The van der Waals surface area contributed by atoms with Crippen LogP contribution in [-0.2, 0) is 14.3 Å². The van der Waals surface area contributed by atoms with Gasteiger partial charge in [0.2, 0.25) is 0 Å². The number of hydrogen-bond donors (Lipinski definition) is 1. The standard InChI is InChI=1S/C18H14Cl3NO3/c1-11-2-6-14(9-15(11)20)22-17(23)10-25-18(24)7-4-12-3-5-13(19)8-16(12)21/h2-9H,10H2,1H3,(H,22,23). The SMILES string of the molecule is Cc1ccc(NC(=O)COC(=O)C=Cc2ccc(Cl)cc2Cl)cc1Cl. The lowest BCUT2D eigenvalue weighted by atomic mass is 10.2. The predicted molar refractivity (Wildman–Crippen MR) is 101 cm³/mol. The predicted octanol–water partition coefficient (Wildman–Crippen LogP) is 5.15. The van der Waals surface area contributed by atoms with E-state index in [0.29, 0.717) is 26.3 Å². The summed E-state index contributed by atoms with van der Waals surface area (Å²) in [6.07, 6.45) is 2.67. The maximum atomic E-state index is 11.8. The maximum absolute atomic E-state index is 11.8. The van der Waals surface area contributed by atoms with Gasteiger partial charge in [0.1, 0.15) is 0 Å². The fraction of sp³-hybridized carbons (Fsp3) is 0.111. The molecule has 0 saturated carbocycles. The van der Waals surface area contributed by atoms with E-state index < -0.39 is 18.5 Å². The van der Waals surface area contributed by atoms with Gasteiger partial charge in [-0.15, -0.1) is 0 Å². The number of carbonyl (C=O) groups is 2. The van der Waals surface area contributed by atoms with Gasteiger partial charge in [-0.1, -0.05) is 46.9 Å². The van der Waals surface area contributed by atoms with Crippen LogP contribution in [0.25, 0.3) is 6.08 Å². The zero-order valence-corrected chi connectivity index (χ0v) is 15.5. The van der Waals surface area contributed by atoms with E-state index in [1.54, 1.807) is 36.4 Å². The quantitative estimate of drug-likeness (QED) is 0.560. The van der Waals surface area contributed by atoms with Gasteiger partial charge < -0.3 is 10.1 Å². The molecular weight excluding hydrogens is 385 g/mol. The second kappa shape index (κ2) is 8.90. The smallest absolute Gasteiger partial charge is 0.331 e. The van der Waals surface area contributed by atoms with E-state index in [0.717, 1.165) is 5.56 Å². The van der Waals surface area contributed by atoms with E-state index in [2.05, 4.69) is 5.32 Å². The first-order valence-electron chi connectivity index (χ1n) is 7.21. The molecule has 0 unspecified atom stereocenters. The molecule has 2 aromatic carbocycles. The molecule has 0 spiro atoms. The molecule has 25 heavy (non-hydrogen) atoms. The lowest BCUT2D eigenvalue weighted by molar-refractivity contribution is -0.142. The van der Waals surface area contributed by atoms with Gasteiger partial charge >= 0.3 is 5.97 Å². The summed E-state index contributed by atoms with van der Waals surface area (Å²) >= 11 is 17.8. The number of hydrogen-bond acceptors (Lipinski definition) is 3. The van der Waals surface area contributed by atoms with Crippen molar-refractivity contribution in [2.45, 2.75) is 6.92 Å². The van der Waals surface area contributed by atoms with Crippen molar-refractivity contribution in [3.8, 4) is 0 Å². The molecule has 130 valence electrons. The Morgan fingerprint density at radius 3 is 2.52 bits per heavy atom. The van der Waals surface area contributed by atoms with Crippen LogP contribution >= 0.6 is 34.8 Å². The highest BCUT2D eigenvalue weighted by Crippen LogP contribution is 2.22. The lowest BCUT2D eigenvalue weighted by Gasteiger charge is -2.07. The molecule has 0 aliphatic rings. The third-order valence-corrected chi connectivity index (χ3v) is 4.13. The van der Waals surface area contributed by atoms with Gasteiger partial charge in [0.05, 0.1) is 0 Å². The first-order chi connectivity index (χ1) is 11.8. The van der Waals surface area contributed by atoms with Gasteiger partial charge in [-0.3, -0.25) is 4.79 Å². The Labute approximate surface area is 160 Å². The van der Waals surface area contributed by atoms with Crippen LogP contribution in [0.1, 0.15) is 11.1 Å². The van der Waals surface area contributed by atoms with Gasteiger partial charge in [0.15, 0.2) is 6.61 Å². The Morgan fingerprint density at radius 2 is 1.84 bits per heavy atom. The topological polar surface area (TPSA) is 55.4 Å². The Kier molecular flexibility index (Phi) is 6.88. The minimum absolute atomic E-state index is 0.408.